The van der Waals surface area contributed by atoms with E-state index < -0.39 is 0 Å². The van der Waals surface area contributed by atoms with Gasteiger partial charge >= 0.3 is 0 Å². The van der Waals surface area contributed by atoms with E-state index in [2.05, 4.69) is 26.1 Å². The summed E-state index contributed by atoms with van der Waals surface area (Å²) in [6.07, 6.45) is 3.89. The Kier molecular flexibility index (Phi) is 6.13. The van der Waals surface area contributed by atoms with E-state index in [9.17, 15) is 5.11 Å². The Balaban J connectivity index is 1.72. The van der Waals surface area contributed by atoms with Crippen LogP contribution in [-0.2, 0) is 6.54 Å². The zero-order chi connectivity index (χ0) is 14.4. The first kappa shape index (κ1) is 15.6. The molecule has 2 N–H and O–H groups in total. The van der Waals surface area contributed by atoms with E-state index in [1.807, 2.05) is 12.1 Å². The molecule has 0 aromatic heterocycles. The van der Waals surface area contributed by atoms with Crippen molar-refractivity contribution < 1.29 is 9.84 Å². The molecule has 0 saturated carbocycles. The van der Waals surface area contributed by atoms with Crippen LogP contribution in [0.2, 0.25) is 0 Å². The maximum Gasteiger partial charge on any atom is 0.172 e. The molecule has 1 saturated heterocycles. The molecule has 1 aromatic carbocycles. The van der Waals surface area contributed by atoms with Gasteiger partial charge < -0.3 is 20.1 Å². The summed E-state index contributed by atoms with van der Waals surface area (Å²) in [5, 5.41) is 13.2. The second kappa shape index (κ2) is 7.86. The standard InChI is InChI=1S/C15H23BrN2O2/c1-20-14-10-12(9-13(16)15(14)19)11-17-5-4-8-18-6-2-3-7-18/h9-10,17,19H,2-8,11H2,1H3. The van der Waals surface area contributed by atoms with Gasteiger partial charge in [0.1, 0.15) is 0 Å². The number of nitrogens with one attached hydrogen (secondary N) is 1. The van der Waals surface area contributed by atoms with Gasteiger partial charge in [0, 0.05) is 6.54 Å². The molecule has 0 radical (unpaired) electrons. The first-order chi connectivity index (χ1) is 9.70. The van der Waals surface area contributed by atoms with Gasteiger partial charge in [-0.1, -0.05) is 0 Å². The van der Waals surface area contributed by atoms with Crippen LogP contribution in [0.1, 0.15) is 24.8 Å². The summed E-state index contributed by atoms with van der Waals surface area (Å²) in [6, 6.07) is 3.79. The predicted molar refractivity (Wildman–Crippen MR) is 84.4 cm³/mol. The second-order valence-electron chi connectivity index (χ2n) is 5.21. The van der Waals surface area contributed by atoms with E-state index >= 15 is 0 Å². The summed E-state index contributed by atoms with van der Waals surface area (Å²) in [5.41, 5.74) is 1.10. The molecule has 20 heavy (non-hydrogen) atoms. The van der Waals surface area contributed by atoms with Crippen LogP contribution in [0.15, 0.2) is 16.6 Å². The predicted octanol–water partition coefficient (Wildman–Crippen LogP) is 2.74. The summed E-state index contributed by atoms with van der Waals surface area (Å²) >= 11 is 3.34. The fraction of sp³-hybridized carbons (Fsp3) is 0.600. The molecule has 0 amide bonds. The van der Waals surface area contributed by atoms with E-state index in [4.69, 9.17) is 4.74 Å². The van der Waals surface area contributed by atoms with Crippen LogP contribution in [-0.4, -0.2) is 43.3 Å². The molecule has 0 aliphatic carbocycles. The van der Waals surface area contributed by atoms with Crippen molar-refractivity contribution in [3.8, 4) is 11.5 Å². The van der Waals surface area contributed by atoms with Crippen molar-refractivity contribution in [3.63, 3.8) is 0 Å². The van der Waals surface area contributed by atoms with E-state index in [-0.39, 0.29) is 5.75 Å². The topological polar surface area (TPSA) is 44.7 Å². The molecule has 1 aliphatic heterocycles. The van der Waals surface area contributed by atoms with Gasteiger partial charge in [-0.2, -0.15) is 0 Å². The molecule has 2 rings (SSSR count). The minimum atomic E-state index is 0.158. The molecular formula is C15H23BrN2O2. The number of halogens is 1. The molecule has 1 aliphatic rings. The number of methoxy groups -OCH3 is 1. The molecule has 4 nitrogen and oxygen atoms in total. The summed E-state index contributed by atoms with van der Waals surface area (Å²) in [5.74, 6) is 0.665. The number of hydrogen-bond donors (Lipinski definition) is 2. The lowest BCUT2D eigenvalue weighted by atomic mass is 10.2. The summed E-state index contributed by atoms with van der Waals surface area (Å²) in [6.45, 7) is 5.52. The Morgan fingerprint density at radius 3 is 2.80 bits per heavy atom. The highest BCUT2D eigenvalue weighted by molar-refractivity contribution is 9.10. The fourth-order valence-electron chi connectivity index (χ4n) is 2.55. The van der Waals surface area contributed by atoms with Crippen LogP contribution in [0.4, 0.5) is 0 Å². The molecule has 0 atom stereocenters. The number of rotatable bonds is 7. The van der Waals surface area contributed by atoms with Crippen molar-refractivity contribution in [1.29, 1.82) is 0 Å². The van der Waals surface area contributed by atoms with Gasteiger partial charge in [0.2, 0.25) is 0 Å². The molecule has 5 heteroatoms. The van der Waals surface area contributed by atoms with E-state index in [0.29, 0.717) is 10.2 Å². The van der Waals surface area contributed by atoms with Gasteiger partial charge in [-0.15, -0.1) is 0 Å². The van der Waals surface area contributed by atoms with Crippen molar-refractivity contribution in [3.05, 3.63) is 22.2 Å². The average molecular weight is 343 g/mol. The molecule has 1 fully saturated rings. The number of benzene rings is 1. The highest BCUT2D eigenvalue weighted by atomic mass is 79.9. The number of phenols is 1. The van der Waals surface area contributed by atoms with Gasteiger partial charge in [-0.25, -0.2) is 0 Å². The van der Waals surface area contributed by atoms with Crippen LogP contribution in [0.25, 0.3) is 0 Å². The number of ether oxygens (including phenoxy) is 1. The zero-order valence-corrected chi connectivity index (χ0v) is 13.6. The van der Waals surface area contributed by atoms with Gasteiger partial charge in [-0.05, 0) is 79.1 Å². The minimum absolute atomic E-state index is 0.158. The summed E-state index contributed by atoms with van der Waals surface area (Å²) in [4.78, 5) is 2.53. The van der Waals surface area contributed by atoms with Crippen LogP contribution in [0.3, 0.4) is 0 Å². The minimum Gasteiger partial charge on any atom is -0.503 e. The Labute approximate surface area is 129 Å². The molecule has 0 bridgehead atoms. The third-order valence-corrected chi connectivity index (χ3v) is 4.27. The largest absolute Gasteiger partial charge is 0.503 e. The quantitative estimate of drug-likeness (QED) is 0.748. The van der Waals surface area contributed by atoms with Crippen LogP contribution in [0, 0.1) is 0 Å². The number of likely N-dealkylation sites (tertiary alicyclic amines) is 1. The maximum absolute atomic E-state index is 9.76. The molecule has 0 spiro atoms. The number of phenolic OH excluding ortho intramolecular Hbond substituents is 1. The van der Waals surface area contributed by atoms with E-state index in [1.165, 1.54) is 38.9 Å². The van der Waals surface area contributed by atoms with E-state index in [1.54, 1.807) is 7.11 Å². The van der Waals surface area contributed by atoms with Crippen LogP contribution < -0.4 is 10.1 Å². The second-order valence-corrected chi connectivity index (χ2v) is 6.06. The number of hydrogen-bond acceptors (Lipinski definition) is 4. The highest BCUT2D eigenvalue weighted by Gasteiger charge is 2.10. The Morgan fingerprint density at radius 1 is 1.35 bits per heavy atom. The van der Waals surface area contributed by atoms with Crippen LogP contribution in [0.5, 0.6) is 11.5 Å². The number of aromatic hydroxyl groups is 1. The lowest BCUT2D eigenvalue weighted by Crippen LogP contribution is -2.24. The Bertz CT molecular complexity index is 434. The van der Waals surface area contributed by atoms with Crippen molar-refractivity contribution in [2.75, 3.05) is 33.3 Å². The first-order valence-electron chi connectivity index (χ1n) is 7.19. The SMILES string of the molecule is COc1cc(CNCCCN2CCCC2)cc(Br)c1O. The molecule has 112 valence electrons. The Morgan fingerprint density at radius 2 is 2.10 bits per heavy atom. The molecule has 1 aromatic rings. The van der Waals surface area contributed by atoms with Crippen molar-refractivity contribution in [2.45, 2.75) is 25.8 Å². The Hall–Kier alpha value is -0.780. The summed E-state index contributed by atoms with van der Waals surface area (Å²) < 4.78 is 5.82. The normalized spacial score (nSPS) is 15.7. The first-order valence-corrected chi connectivity index (χ1v) is 7.98. The van der Waals surface area contributed by atoms with Crippen molar-refractivity contribution >= 4 is 15.9 Å². The van der Waals surface area contributed by atoms with Crippen molar-refractivity contribution in [2.24, 2.45) is 0 Å². The molecular weight excluding hydrogens is 320 g/mol. The lowest BCUT2D eigenvalue weighted by molar-refractivity contribution is 0.331. The maximum atomic E-state index is 9.76. The molecule has 0 unspecified atom stereocenters. The third kappa shape index (κ3) is 4.36. The number of nitrogens with zero attached hydrogens (tertiary/aromatic N) is 1. The van der Waals surface area contributed by atoms with Crippen LogP contribution >= 0.6 is 15.9 Å². The third-order valence-electron chi connectivity index (χ3n) is 3.66. The fourth-order valence-corrected chi connectivity index (χ4v) is 3.04. The van der Waals surface area contributed by atoms with Crippen molar-refractivity contribution in [1.82, 2.24) is 10.2 Å². The van der Waals surface area contributed by atoms with Gasteiger partial charge in [0.25, 0.3) is 0 Å². The van der Waals surface area contributed by atoms with Gasteiger partial charge in [0.05, 0.1) is 11.6 Å². The van der Waals surface area contributed by atoms with Gasteiger partial charge in [0.15, 0.2) is 11.5 Å². The smallest absolute Gasteiger partial charge is 0.172 e. The monoisotopic (exact) mass is 342 g/mol. The van der Waals surface area contributed by atoms with Gasteiger partial charge in [-0.3, -0.25) is 0 Å². The molecule has 1 heterocycles. The summed E-state index contributed by atoms with van der Waals surface area (Å²) in [7, 11) is 1.56. The average Bonchev–Trinajstić information content (AvgIpc) is 2.95. The highest BCUT2D eigenvalue weighted by Crippen LogP contribution is 2.35. The lowest BCUT2D eigenvalue weighted by Gasteiger charge is -2.14. The zero-order valence-electron chi connectivity index (χ0n) is 12.0. The van der Waals surface area contributed by atoms with E-state index in [0.717, 1.165) is 18.7 Å².